The third-order valence-electron chi connectivity index (χ3n) is 7.87. The fourth-order valence-corrected chi connectivity index (χ4v) is 5.59. The van der Waals surface area contributed by atoms with Gasteiger partial charge in [0.05, 0.1) is 11.9 Å². The smallest absolute Gasteiger partial charge is 0.347 e. The highest BCUT2D eigenvalue weighted by atomic mass is 16.4. The van der Waals surface area contributed by atoms with Crippen LogP contribution < -0.4 is 5.63 Å². The van der Waals surface area contributed by atoms with E-state index < -0.39 is 5.63 Å². The molecule has 0 aliphatic carbocycles. The quantitative estimate of drug-likeness (QED) is 0.0846. The molecule has 0 radical (unpaired) electrons. The van der Waals surface area contributed by atoms with Crippen molar-refractivity contribution in [2.75, 3.05) is 0 Å². The lowest BCUT2D eigenvalue weighted by Gasteiger charge is -2.19. The van der Waals surface area contributed by atoms with E-state index in [1.165, 1.54) is 5.56 Å². The predicted octanol–water partition coefficient (Wildman–Crippen LogP) is 17.7. The molecule has 2 N–H and O–H groups in total. The van der Waals surface area contributed by atoms with E-state index in [1.807, 2.05) is 45.9 Å². The molecule has 0 fully saturated rings. The number of fused-ring (bicyclic) bond motifs is 1. The summed E-state index contributed by atoms with van der Waals surface area (Å²) in [5.74, 6) is 5.33. The molecule has 0 aliphatic heterocycles. The summed E-state index contributed by atoms with van der Waals surface area (Å²) in [4.78, 5) is 23.8. The first kappa shape index (κ1) is 68.3. The lowest BCUT2D eigenvalue weighted by atomic mass is 9.88. The Kier molecular flexibility index (Phi) is 32.7. The molecule has 5 heteroatoms. The van der Waals surface area contributed by atoms with E-state index in [4.69, 9.17) is 27.5 Å². The highest BCUT2D eigenvalue weighted by Crippen LogP contribution is 2.24. The van der Waals surface area contributed by atoms with E-state index in [0.717, 1.165) is 37.5 Å². The van der Waals surface area contributed by atoms with Crippen molar-refractivity contribution in [1.29, 1.82) is 0 Å². The molecule has 5 nitrogen and oxygen atoms in total. The van der Waals surface area contributed by atoms with Crippen LogP contribution in [0.25, 0.3) is 11.0 Å². The zero-order valence-corrected chi connectivity index (χ0v) is 46.6. The summed E-state index contributed by atoms with van der Waals surface area (Å²) in [6, 6.07) is 19.4. The van der Waals surface area contributed by atoms with Gasteiger partial charge in [0.1, 0.15) is 11.1 Å². The Hall–Kier alpha value is -4.32. The minimum atomic E-state index is -0.553. The Morgan fingerprint density at radius 3 is 1.33 bits per heavy atom. The number of carbonyl (C=O) groups excluding carboxylic acids is 1. The molecule has 2 aromatic carbocycles. The SMILES string of the molecule is C#CCC(C)(C)C.C#CCC(C)(C)C.C=C(O)CC(C)(C)C.C=CCC(C)(C)C.CC(C)(C)CC(=O)c1cc2ccccc2oc1=O.CC(C)(C)Cc1ccccc1.CC(O)CC(C)(C)C. The summed E-state index contributed by atoms with van der Waals surface area (Å²) in [5.41, 5.74) is 3.29. The summed E-state index contributed by atoms with van der Waals surface area (Å²) in [6.45, 7) is 53.5. The van der Waals surface area contributed by atoms with Crippen LogP contribution in [-0.4, -0.2) is 22.1 Å². The highest BCUT2D eigenvalue weighted by molar-refractivity contribution is 5.98. The van der Waals surface area contributed by atoms with Crippen molar-refractivity contribution in [3.8, 4) is 24.7 Å². The van der Waals surface area contributed by atoms with Gasteiger partial charge in [-0.2, -0.15) is 0 Å². The van der Waals surface area contributed by atoms with Crippen LogP contribution in [0.1, 0.15) is 207 Å². The van der Waals surface area contributed by atoms with Crippen LogP contribution in [0.15, 0.2) is 94.9 Å². The molecule has 3 aromatic rings. The fraction of sp³-hybridized carbons (Fsp3) is 0.607. The monoisotopic (exact) mass is 913 g/mol. The maximum atomic E-state index is 12.1. The third-order valence-corrected chi connectivity index (χ3v) is 7.87. The van der Waals surface area contributed by atoms with Gasteiger partial charge in [0.15, 0.2) is 5.78 Å². The van der Waals surface area contributed by atoms with Crippen LogP contribution in [0.5, 0.6) is 0 Å². The maximum absolute atomic E-state index is 12.1. The van der Waals surface area contributed by atoms with E-state index in [-0.39, 0.29) is 39.5 Å². The van der Waals surface area contributed by atoms with Crippen LogP contribution in [0, 0.1) is 62.6 Å². The number of Topliss-reactive ketones (excluding diaryl/α,β-unsaturated/α-hetero) is 1. The number of allylic oxidation sites excluding steroid dienone is 2. The van der Waals surface area contributed by atoms with Gasteiger partial charge in [0.25, 0.3) is 0 Å². The van der Waals surface area contributed by atoms with Gasteiger partial charge in [-0.05, 0) is 81.8 Å². The largest absolute Gasteiger partial charge is 0.513 e. The van der Waals surface area contributed by atoms with Gasteiger partial charge < -0.3 is 14.6 Å². The van der Waals surface area contributed by atoms with Crippen LogP contribution >= 0.6 is 0 Å². The molecular formula is C61H100O5. The molecule has 1 atom stereocenters. The van der Waals surface area contributed by atoms with Crippen LogP contribution in [0.4, 0.5) is 0 Å². The average Bonchev–Trinajstić information content (AvgIpc) is 3.05. The Morgan fingerprint density at radius 1 is 0.652 bits per heavy atom. The number of rotatable bonds is 6. The van der Waals surface area contributed by atoms with Crippen molar-refractivity contribution in [3.63, 3.8) is 0 Å². The highest BCUT2D eigenvalue weighted by Gasteiger charge is 2.21. The molecule has 66 heavy (non-hydrogen) atoms. The van der Waals surface area contributed by atoms with E-state index in [2.05, 4.69) is 180 Å². The molecule has 0 aliphatic rings. The second kappa shape index (κ2) is 31.6. The second-order valence-corrected chi connectivity index (χ2v) is 25.7. The normalized spacial score (nSPS) is 11.9. The third kappa shape index (κ3) is 52.3. The summed E-state index contributed by atoms with van der Waals surface area (Å²) < 4.78 is 5.15. The lowest BCUT2D eigenvalue weighted by molar-refractivity contribution is 0.0936. The average molecular weight is 913 g/mol. The standard InChI is InChI=1S/C15H16O3.C11H16.C7H16O.C7H14O.C7H14.2C7H12/c1-15(2,3)9-12(16)11-8-10-6-4-5-7-13(10)18-14(11)17;1-11(2,3)9-10-7-5-4-6-8-10;2*1-6(8)5-7(2,3)4;3*1-5-6-7(2,3)4/h4-8H,9H2,1-3H3;4-8H,9H2,1-3H3;6,8H,5H2,1-4H3;8H,1,5H2,2-4H3;5H,1,6H2,2-4H3;2*1H,6H2,2-4H3. The molecular weight excluding hydrogens is 813 g/mol. The number of aliphatic hydroxyl groups is 2. The molecule has 0 saturated carbocycles. The minimum absolute atomic E-state index is 0.142. The minimum Gasteiger partial charge on any atom is -0.513 e. The van der Waals surface area contributed by atoms with Crippen molar-refractivity contribution >= 4 is 16.8 Å². The summed E-state index contributed by atoms with van der Waals surface area (Å²) in [6.07, 6.45) is 17.8. The topological polar surface area (TPSA) is 87.7 Å². The van der Waals surface area contributed by atoms with Crippen LogP contribution in [0.3, 0.4) is 0 Å². The lowest BCUT2D eigenvalue weighted by Crippen LogP contribution is -2.19. The number of aliphatic hydroxyl groups excluding tert-OH is 2. The number of hydrogen-bond donors (Lipinski definition) is 2. The molecule has 0 bridgehead atoms. The summed E-state index contributed by atoms with van der Waals surface area (Å²) >= 11 is 0. The fourth-order valence-electron chi connectivity index (χ4n) is 5.59. The van der Waals surface area contributed by atoms with Crippen molar-refractivity contribution in [2.24, 2.45) is 37.9 Å². The molecule has 0 saturated heterocycles. The van der Waals surface area contributed by atoms with Gasteiger partial charge in [-0.3, -0.25) is 4.79 Å². The van der Waals surface area contributed by atoms with Gasteiger partial charge in [-0.15, -0.1) is 31.3 Å². The van der Waals surface area contributed by atoms with E-state index >= 15 is 0 Å². The molecule has 0 amide bonds. The number of para-hydroxylation sites is 1. The summed E-state index contributed by atoms with van der Waals surface area (Å²) in [5, 5.41) is 18.4. The van der Waals surface area contributed by atoms with Gasteiger partial charge in [0.2, 0.25) is 0 Å². The van der Waals surface area contributed by atoms with Gasteiger partial charge in [-0.1, -0.05) is 207 Å². The number of carbonyl (C=O) groups is 1. The first-order chi connectivity index (χ1) is 29.5. The number of hydrogen-bond acceptors (Lipinski definition) is 5. The Balaban J connectivity index is -0.000000354. The number of benzene rings is 2. The van der Waals surface area contributed by atoms with E-state index in [9.17, 15) is 9.59 Å². The maximum Gasteiger partial charge on any atom is 0.347 e. The van der Waals surface area contributed by atoms with E-state index in [1.54, 1.807) is 18.2 Å². The van der Waals surface area contributed by atoms with Crippen LogP contribution in [0.2, 0.25) is 0 Å². The Morgan fingerprint density at radius 2 is 1.08 bits per heavy atom. The predicted molar refractivity (Wildman–Crippen MR) is 292 cm³/mol. The van der Waals surface area contributed by atoms with Gasteiger partial charge >= 0.3 is 5.63 Å². The Labute approximate surface area is 407 Å². The zero-order chi connectivity index (χ0) is 53.0. The zero-order valence-electron chi connectivity index (χ0n) is 46.6. The molecule has 374 valence electrons. The van der Waals surface area contributed by atoms with Gasteiger partial charge in [-0.25, -0.2) is 4.79 Å². The molecule has 0 spiro atoms. The molecule has 1 aromatic heterocycles. The molecule has 1 heterocycles. The first-order valence-corrected chi connectivity index (χ1v) is 23.6. The second-order valence-electron chi connectivity index (χ2n) is 25.7. The van der Waals surface area contributed by atoms with Crippen LogP contribution in [-0.2, 0) is 6.42 Å². The summed E-state index contributed by atoms with van der Waals surface area (Å²) in [7, 11) is 0. The van der Waals surface area contributed by atoms with Crippen molar-refractivity contribution < 1.29 is 19.4 Å². The molecule has 1 unspecified atom stereocenters. The van der Waals surface area contributed by atoms with Crippen molar-refractivity contribution in [1.82, 2.24) is 0 Å². The van der Waals surface area contributed by atoms with Crippen molar-refractivity contribution in [2.45, 2.75) is 203 Å². The Bertz CT molecular complexity index is 1890. The molecule has 3 rings (SSSR count). The number of ketones is 1. The van der Waals surface area contributed by atoms with Crippen molar-refractivity contribution in [3.05, 3.63) is 107 Å². The first-order valence-electron chi connectivity index (χ1n) is 23.6. The number of terminal acetylenes is 2. The van der Waals surface area contributed by atoms with E-state index in [0.29, 0.717) is 40.1 Å². The van der Waals surface area contributed by atoms with Gasteiger partial charge in [0, 0.05) is 31.1 Å².